The third-order valence-corrected chi connectivity index (χ3v) is 9.15. The van der Waals surface area contributed by atoms with Crippen molar-refractivity contribution in [3.05, 3.63) is 72.8 Å². The van der Waals surface area contributed by atoms with E-state index >= 15 is 0 Å². The van der Waals surface area contributed by atoms with E-state index < -0.39 is 11.7 Å². The summed E-state index contributed by atoms with van der Waals surface area (Å²) in [5.74, 6) is 0.966. The number of aliphatic hydroxyl groups excluding tert-OH is 1. The van der Waals surface area contributed by atoms with Crippen LogP contribution in [0.4, 0.5) is 18.9 Å². The molecule has 11 heteroatoms. The fourth-order valence-corrected chi connectivity index (χ4v) is 6.99. The number of likely N-dealkylation sites (tertiary alicyclic amines) is 1. The van der Waals surface area contributed by atoms with Crippen molar-refractivity contribution < 1.29 is 23.1 Å². The molecule has 1 aliphatic heterocycles. The fraction of sp³-hybridized carbons (Fsp3) is 0.556. The minimum Gasteiger partial charge on any atom is -0.393 e. The molecule has 5 aliphatic rings. The quantitative estimate of drug-likeness (QED) is 0.260. The topological polar surface area (TPSA) is 103 Å². The number of aromatic nitrogens is 3. The lowest BCUT2D eigenvalue weighted by Gasteiger charge is -2.70. The molecule has 2 aromatic heterocycles. The number of carbonyl (C=O) groups excluding carboxylic acids is 1. The second-order valence-corrected chi connectivity index (χ2v) is 12.7. The van der Waals surface area contributed by atoms with E-state index in [4.69, 9.17) is 5.11 Å². The summed E-state index contributed by atoms with van der Waals surface area (Å²) in [6.45, 7) is 8.90. The maximum absolute atomic E-state index is 12.8. The standard InChI is InChI=1S/C17H19F3N2O.C9H7N3.C8H17NO.C2H6/c18-17(19,20)12-4-3-5-13(8-12)21-16-9-15(10-16,11-16)14(23)22-6-1-2-7-22;1-3-8(7-10-4-1)9-11-5-2-6-12-9;1-2-9-7-3-5-8(10)6-4-7;1-2/h3-5,8,21H,1-2,6-7,9-11H2;1-7H;7-10H,2-6H2,1H3;1-2H3. The van der Waals surface area contributed by atoms with Crippen LogP contribution in [-0.2, 0) is 11.0 Å². The molecule has 8 nitrogen and oxygen atoms in total. The third kappa shape index (κ3) is 9.50. The van der Waals surface area contributed by atoms with Crippen molar-refractivity contribution in [2.75, 3.05) is 25.0 Å². The van der Waals surface area contributed by atoms with Crippen LogP contribution >= 0.6 is 0 Å². The van der Waals surface area contributed by atoms with Gasteiger partial charge < -0.3 is 20.6 Å². The van der Waals surface area contributed by atoms with Gasteiger partial charge in [0, 0.05) is 60.7 Å². The highest BCUT2D eigenvalue weighted by Gasteiger charge is 2.72. The van der Waals surface area contributed by atoms with Gasteiger partial charge in [-0.3, -0.25) is 9.78 Å². The van der Waals surface area contributed by atoms with Gasteiger partial charge in [-0.1, -0.05) is 26.8 Å². The monoisotopic (exact) mass is 654 g/mol. The number of nitrogens with zero attached hydrogens (tertiary/aromatic N) is 4. The van der Waals surface area contributed by atoms with Gasteiger partial charge in [0.1, 0.15) is 0 Å². The summed E-state index contributed by atoms with van der Waals surface area (Å²) in [6, 6.07) is 11.6. The maximum Gasteiger partial charge on any atom is 0.416 e. The highest BCUT2D eigenvalue weighted by Crippen LogP contribution is 2.69. The first-order valence-corrected chi connectivity index (χ1v) is 17.0. The summed E-state index contributed by atoms with van der Waals surface area (Å²) in [6.07, 6.45) is 11.2. The van der Waals surface area contributed by atoms with Crippen molar-refractivity contribution in [2.24, 2.45) is 5.41 Å². The molecule has 1 aromatic carbocycles. The van der Waals surface area contributed by atoms with E-state index in [2.05, 4.69) is 32.5 Å². The number of amides is 1. The Bertz CT molecular complexity index is 1320. The number of carbonyl (C=O) groups is 1. The molecule has 5 fully saturated rings. The molecule has 3 N–H and O–H groups in total. The fourth-order valence-electron chi connectivity index (χ4n) is 6.99. The summed E-state index contributed by atoms with van der Waals surface area (Å²) in [4.78, 5) is 26.6. The predicted molar refractivity (Wildman–Crippen MR) is 178 cm³/mol. The van der Waals surface area contributed by atoms with E-state index in [0.29, 0.717) is 17.6 Å². The van der Waals surface area contributed by atoms with Crippen molar-refractivity contribution in [2.45, 2.75) is 102 Å². The first-order valence-electron chi connectivity index (χ1n) is 17.0. The Morgan fingerprint density at radius 1 is 0.957 bits per heavy atom. The first-order chi connectivity index (χ1) is 22.6. The molecule has 47 heavy (non-hydrogen) atoms. The Hall–Kier alpha value is -3.57. The van der Waals surface area contributed by atoms with E-state index in [1.807, 2.05) is 30.9 Å². The van der Waals surface area contributed by atoms with Crippen LogP contribution < -0.4 is 10.6 Å². The molecule has 3 aromatic rings. The number of aliphatic hydroxyl groups is 1. The van der Waals surface area contributed by atoms with Crippen molar-refractivity contribution in [3.63, 3.8) is 0 Å². The molecular weight excluding hydrogens is 605 g/mol. The Labute approximate surface area is 276 Å². The molecule has 1 saturated heterocycles. The molecular formula is C36H49F3N6O2. The summed E-state index contributed by atoms with van der Waals surface area (Å²) >= 11 is 0. The van der Waals surface area contributed by atoms with Crippen molar-refractivity contribution in [1.29, 1.82) is 0 Å². The average Bonchev–Trinajstić information content (AvgIpc) is 3.61. The Morgan fingerprint density at radius 2 is 1.62 bits per heavy atom. The zero-order valence-corrected chi connectivity index (χ0v) is 27.8. The molecule has 1 amide bonds. The van der Waals surface area contributed by atoms with Crippen LogP contribution in [0, 0.1) is 5.41 Å². The number of hydrogen-bond acceptors (Lipinski definition) is 7. The lowest BCUT2D eigenvalue weighted by molar-refractivity contribution is -0.178. The summed E-state index contributed by atoms with van der Waals surface area (Å²) < 4.78 is 38.3. The highest BCUT2D eigenvalue weighted by molar-refractivity contribution is 5.88. The van der Waals surface area contributed by atoms with E-state index in [1.165, 1.54) is 6.07 Å². The third-order valence-electron chi connectivity index (χ3n) is 9.15. The zero-order chi connectivity index (χ0) is 33.9. The second kappa shape index (κ2) is 16.5. The summed E-state index contributed by atoms with van der Waals surface area (Å²) in [5, 5.41) is 15.8. The molecule has 8 rings (SSSR count). The minimum absolute atomic E-state index is 0.0186. The smallest absolute Gasteiger partial charge is 0.393 e. The van der Waals surface area contributed by atoms with Gasteiger partial charge >= 0.3 is 6.18 Å². The molecule has 0 atom stereocenters. The lowest BCUT2D eigenvalue weighted by Crippen LogP contribution is -2.75. The predicted octanol–water partition coefficient (Wildman–Crippen LogP) is 7.13. The van der Waals surface area contributed by atoms with Gasteiger partial charge in [-0.25, -0.2) is 9.97 Å². The second-order valence-electron chi connectivity index (χ2n) is 12.7. The average molecular weight is 655 g/mol. The number of pyridine rings is 1. The Balaban J connectivity index is 0.000000175. The molecule has 3 heterocycles. The van der Waals surface area contributed by atoms with Crippen molar-refractivity contribution in [3.8, 4) is 11.4 Å². The van der Waals surface area contributed by atoms with Gasteiger partial charge in [0.2, 0.25) is 5.91 Å². The molecule has 4 saturated carbocycles. The molecule has 0 unspecified atom stereocenters. The Morgan fingerprint density at radius 3 is 2.19 bits per heavy atom. The van der Waals surface area contributed by atoms with Crippen LogP contribution in [-0.4, -0.2) is 68.2 Å². The number of benzene rings is 1. The van der Waals surface area contributed by atoms with E-state index in [0.717, 1.165) is 95.1 Å². The SMILES string of the molecule is CC.CCNC1CCC(O)CC1.O=C(N1CCCC1)C12CC(Nc3cccc(C(F)(F)F)c3)(C1)C2.c1cnc(-c2cccnc2)nc1. The molecule has 4 aliphatic carbocycles. The molecule has 256 valence electrons. The molecule has 0 radical (unpaired) electrons. The lowest BCUT2D eigenvalue weighted by atomic mass is 9.39. The van der Waals surface area contributed by atoms with Gasteiger partial charge in [0.05, 0.1) is 17.1 Å². The van der Waals surface area contributed by atoms with Crippen LogP contribution in [0.15, 0.2) is 67.3 Å². The number of hydrogen-bond donors (Lipinski definition) is 3. The van der Waals surface area contributed by atoms with Gasteiger partial charge in [0.15, 0.2) is 5.82 Å². The summed E-state index contributed by atoms with van der Waals surface area (Å²) in [5.41, 5.74) is 0.371. The Kier molecular flexibility index (Phi) is 12.7. The normalized spacial score (nSPS) is 25.6. The largest absolute Gasteiger partial charge is 0.416 e. The van der Waals surface area contributed by atoms with Crippen LogP contribution in [0.2, 0.25) is 0 Å². The number of rotatable bonds is 6. The molecule has 0 spiro atoms. The van der Waals surface area contributed by atoms with Crippen LogP contribution in [0.1, 0.15) is 84.1 Å². The first kappa shape index (κ1) is 36.3. The van der Waals surface area contributed by atoms with Crippen LogP contribution in [0.5, 0.6) is 0 Å². The summed E-state index contributed by atoms with van der Waals surface area (Å²) in [7, 11) is 0. The van der Waals surface area contributed by atoms with Crippen LogP contribution in [0.3, 0.4) is 0 Å². The van der Waals surface area contributed by atoms with Gasteiger partial charge in [0.25, 0.3) is 0 Å². The highest BCUT2D eigenvalue weighted by atomic mass is 19.4. The van der Waals surface area contributed by atoms with E-state index in [-0.39, 0.29) is 23.0 Å². The van der Waals surface area contributed by atoms with E-state index in [9.17, 15) is 18.0 Å². The number of halogens is 3. The number of nitrogens with one attached hydrogen (secondary N) is 2. The van der Waals surface area contributed by atoms with Gasteiger partial charge in [-0.2, -0.15) is 13.2 Å². The van der Waals surface area contributed by atoms with Gasteiger partial charge in [-0.15, -0.1) is 0 Å². The number of alkyl halides is 3. The molecule has 2 bridgehead atoms. The van der Waals surface area contributed by atoms with Crippen molar-refractivity contribution in [1.82, 2.24) is 25.2 Å². The van der Waals surface area contributed by atoms with Gasteiger partial charge in [-0.05, 0) is 101 Å². The number of anilines is 1. The minimum atomic E-state index is -4.33. The van der Waals surface area contributed by atoms with Crippen LogP contribution in [0.25, 0.3) is 11.4 Å². The zero-order valence-electron chi connectivity index (χ0n) is 27.8. The maximum atomic E-state index is 12.8. The van der Waals surface area contributed by atoms with Crippen molar-refractivity contribution >= 4 is 11.6 Å². The van der Waals surface area contributed by atoms with E-state index in [1.54, 1.807) is 36.9 Å².